The molecule has 2 aromatic rings. The van der Waals surface area contributed by atoms with Crippen molar-refractivity contribution in [1.82, 2.24) is 14.5 Å². The molecule has 0 unspecified atom stereocenters. The van der Waals surface area contributed by atoms with E-state index >= 15 is 0 Å². The summed E-state index contributed by atoms with van der Waals surface area (Å²) < 4.78 is 26.8. The third kappa shape index (κ3) is 8.18. The van der Waals surface area contributed by atoms with Crippen LogP contribution in [0.1, 0.15) is 57.4 Å². The maximum Gasteiger partial charge on any atom is 0.242 e. The minimum atomic E-state index is -3.65. The third-order valence-corrected chi connectivity index (χ3v) is 9.25. The average molecular weight is 569 g/mol. The SMILES string of the molecule is C[C@H](C(=O)NC1CCCCC1)N(Cc1ccc(Cl)cc1Cl)C(=O)CCCN(C)S(=O)(=O)c1ccccc1. The van der Waals surface area contributed by atoms with Gasteiger partial charge < -0.3 is 10.2 Å². The highest BCUT2D eigenvalue weighted by molar-refractivity contribution is 7.89. The first-order chi connectivity index (χ1) is 17.6. The molecule has 0 heterocycles. The highest BCUT2D eigenvalue weighted by atomic mass is 35.5. The van der Waals surface area contributed by atoms with Gasteiger partial charge in [0.1, 0.15) is 6.04 Å². The molecule has 0 aliphatic heterocycles. The van der Waals surface area contributed by atoms with E-state index in [-0.39, 0.29) is 42.3 Å². The van der Waals surface area contributed by atoms with Crippen molar-refractivity contribution in [2.45, 2.75) is 75.4 Å². The molecule has 1 saturated carbocycles. The van der Waals surface area contributed by atoms with Crippen LogP contribution >= 0.6 is 23.2 Å². The van der Waals surface area contributed by atoms with E-state index in [1.165, 1.54) is 22.7 Å². The van der Waals surface area contributed by atoms with Gasteiger partial charge in [-0.05, 0) is 56.0 Å². The van der Waals surface area contributed by atoms with E-state index in [9.17, 15) is 18.0 Å². The molecule has 0 saturated heterocycles. The summed E-state index contributed by atoms with van der Waals surface area (Å²) in [6.45, 7) is 2.03. The zero-order valence-electron chi connectivity index (χ0n) is 21.3. The van der Waals surface area contributed by atoms with Gasteiger partial charge in [-0.25, -0.2) is 12.7 Å². The molecule has 0 spiro atoms. The zero-order valence-corrected chi connectivity index (χ0v) is 23.7. The molecule has 1 aliphatic rings. The maximum atomic E-state index is 13.4. The number of rotatable bonds is 11. The largest absolute Gasteiger partial charge is 0.352 e. The lowest BCUT2D eigenvalue weighted by atomic mass is 9.95. The number of carbonyl (C=O) groups excluding carboxylic acids is 2. The number of halogens is 2. The minimum absolute atomic E-state index is 0.0842. The molecule has 2 aromatic carbocycles. The smallest absolute Gasteiger partial charge is 0.242 e. The maximum absolute atomic E-state index is 13.4. The second-order valence-corrected chi connectivity index (χ2v) is 12.4. The monoisotopic (exact) mass is 567 g/mol. The summed E-state index contributed by atoms with van der Waals surface area (Å²) in [5.74, 6) is -0.447. The summed E-state index contributed by atoms with van der Waals surface area (Å²) in [6.07, 6.45) is 5.62. The molecule has 37 heavy (non-hydrogen) atoms. The zero-order chi connectivity index (χ0) is 27.0. The minimum Gasteiger partial charge on any atom is -0.352 e. The fourth-order valence-electron chi connectivity index (χ4n) is 4.47. The predicted octanol–water partition coefficient (Wildman–Crippen LogP) is 5.26. The number of sulfonamides is 1. The van der Waals surface area contributed by atoms with Crippen molar-refractivity contribution in [3.8, 4) is 0 Å². The molecule has 1 aliphatic carbocycles. The molecular formula is C27H35Cl2N3O4S. The summed E-state index contributed by atoms with van der Waals surface area (Å²) >= 11 is 12.4. The van der Waals surface area contributed by atoms with Gasteiger partial charge >= 0.3 is 0 Å². The second-order valence-electron chi connectivity index (χ2n) is 9.52. The first kappa shape index (κ1) is 29.4. The first-order valence-electron chi connectivity index (χ1n) is 12.6. The molecule has 202 valence electrons. The van der Waals surface area contributed by atoms with Gasteiger partial charge in [0.15, 0.2) is 0 Å². The highest BCUT2D eigenvalue weighted by Crippen LogP contribution is 2.24. The van der Waals surface area contributed by atoms with Gasteiger partial charge in [-0.1, -0.05) is 66.7 Å². The Morgan fingerprint density at radius 2 is 1.73 bits per heavy atom. The van der Waals surface area contributed by atoms with Crippen molar-refractivity contribution >= 4 is 45.0 Å². The van der Waals surface area contributed by atoms with Crippen LogP contribution in [0.25, 0.3) is 0 Å². The highest BCUT2D eigenvalue weighted by Gasteiger charge is 2.29. The van der Waals surface area contributed by atoms with E-state index in [0.717, 1.165) is 25.7 Å². The first-order valence-corrected chi connectivity index (χ1v) is 14.8. The van der Waals surface area contributed by atoms with Gasteiger partial charge in [0.25, 0.3) is 0 Å². The Morgan fingerprint density at radius 1 is 1.05 bits per heavy atom. The van der Waals surface area contributed by atoms with Gasteiger partial charge in [0, 0.05) is 42.6 Å². The van der Waals surface area contributed by atoms with Crippen LogP contribution in [-0.4, -0.2) is 55.1 Å². The number of benzene rings is 2. The number of hydrogen-bond acceptors (Lipinski definition) is 4. The van der Waals surface area contributed by atoms with E-state index in [4.69, 9.17) is 23.2 Å². The lowest BCUT2D eigenvalue weighted by Gasteiger charge is -2.31. The van der Waals surface area contributed by atoms with Gasteiger partial charge in [-0.15, -0.1) is 0 Å². The van der Waals surface area contributed by atoms with Crippen LogP contribution < -0.4 is 5.32 Å². The lowest BCUT2D eigenvalue weighted by molar-refractivity contribution is -0.141. The van der Waals surface area contributed by atoms with E-state index in [1.807, 2.05) is 0 Å². The normalized spacial score (nSPS) is 15.4. The summed E-state index contributed by atoms with van der Waals surface area (Å²) in [6, 6.07) is 12.6. The molecule has 2 amide bonds. The molecule has 10 heteroatoms. The van der Waals surface area contributed by atoms with Crippen LogP contribution in [-0.2, 0) is 26.2 Å². The average Bonchev–Trinajstić information content (AvgIpc) is 2.88. The molecule has 3 rings (SSSR count). The predicted molar refractivity (Wildman–Crippen MR) is 147 cm³/mol. The van der Waals surface area contributed by atoms with Gasteiger partial charge in [-0.3, -0.25) is 9.59 Å². The molecule has 1 fully saturated rings. The summed E-state index contributed by atoms with van der Waals surface area (Å²) in [4.78, 5) is 28.2. The number of nitrogens with zero attached hydrogens (tertiary/aromatic N) is 2. The van der Waals surface area contributed by atoms with Crippen LogP contribution in [0.15, 0.2) is 53.4 Å². The van der Waals surface area contributed by atoms with E-state index in [0.29, 0.717) is 22.0 Å². The Morgan fingerprint density at radius 3 is 2.38 bits per heavy atom. The summed E-state index contributed by atoms with van der Waals surface area (Å²) in [7, 11) is -2.15. The Hall–Kier alpha value is -2.13. The standard InChI is InChI=1S/C27H35Cl2N3O4S/c1-20(27(34)30-23-10-5-3-6-11-23)32(19-21-15-16-22(28)18-25(21)29)26(33)14-9-17-31(2)37(35,36)24-12-7-4-8-13-24/h4,7-8,12-13,15-16,18,20,23H,3,5-6,9-11,14,17,19H2,1-2H3,(H,30,34)/t20-/m1/s1. The molecular weight excluding hydrogens is 533 g/mol. The quantitative estimate of drug-likeness (QED) is 0.401. The van der Waals surface area contributed by atoms with Crippen LogP contribution in [0.3, 0.4) is 0 Å². The van der Waals surface area contributed by atoms with Crippen LogP contribution in [0.5, 0.6) is 0 Å². The third-order valence-electron chi connectivity index (χ3n) is 6.79. The fourth-order valence-corrected chi connectivity index (χ4v) is 6.17. The Balaban J connectivity index is 1.68. The summed E-state index contributed by atoms with van der Waals surface area (Å²) in [5, 5.41) is 4.00. The van der Waals surface area contributed by atoms with Gasteiger partial charge in [0.2, 0.25) is 21.8 Å². The summed E-state index contributed by atoms with van der Waals surface area (Å²) in [5.41, 5.74) is 0.681. The molecule has 7 nitrogen and oxygen atoms in total. The number of nitrogens with one attached hydrogen (secondary N) is 1. The number of amides is 2. The molecule has 1 N–H and O–H groups in total. The Labute approximate surface area is 230 Å². The van der Waals surface area contributed by atoms with Crippen molar-refractivity contribution < 1.29 is 18.0 Å². The Bertz CT molecular complexity index is 1170. The fraction of sp³-hybridized carbons (Fsp3) is 0.481. The lowest BCUT2D eigenvalue weighted by Crippen LogP contribution is -2.50. The van der Waals surface area contributed by atoms with Crippen molar-refractivity contribution in [2.75, 3.05) is 13.6 Å². The van der Waals surface area contributed by atoms with Crippen molar-refractivity contribution in [3.05, 3.63) is 64.1 Å². The van der Waals surface area contributed by atoms with E-state index < -0.39 is 16.1 Å². The second kappa shape index (κ2) is 13.6. The van der Waals surface area contributed by atoms with Crippen LogP contribution in [0, 0.1) is 0 Å². The molecule has 0 bridgehead atoms. The Kier molecular flexibility index (Phi) is 10.8. The molecule has 1 atom stereocenters. The molecule has 0 aromatic heterocycles. The van der Waals surface area contributed by atoms with Crippen LogP contribution in [0.4, 0.5) is 0 Å². The number of hydrogen-bond donors (Lipinski definition) is 1. The van der Waals surface area contributed by atoms with Gasteiger partial charge in [-0.2, -0.15) is 0 Å². The molecule has 0 radical (unpaired) electrons. The topological polar surface area (TPSA) is 86.8 Å². The van der Waals surface area contributed by atoms with Gasteiger partial charge in [0.05, 0.1) is 4.90 Å². The van der Waals surface area contributed by atoms with E-state index in [1.54, 1.807) is 55.5 Å². The number of carbonyl (C=O) groups is 2. The van der Waals surface area contributed by atoms with E-state index in [2.05, 4.69) is 5.32 Å². The van der Waals surface area contributed by atoms with Crippen molar-refractivity contribution in [2.24, 2.45) is 0 Å². The van der Waals surface area contributed by atoms with Crippen molar-refractivity contribution in [3.63, 3.8) is 0 Å². The van der Waals surface area contributed by atoms with Crippen molar-refractivity contribution in [1.29, 1.82) is 0 Å². The van der Waals surface area contributed by atoms with Crippen LogP contribution in [0.2, 0.25) is 10.0 Å².